The smallest absolute Gasteiger partial charge is 0.0548 e. The summed E-state index contributed by atoms with van der Waals surface area (Å²) in [6.07, 6.45) is 0. The van der Waals surface area contributed by atoms with Crippen molar-refractivity contribution in [3.05, 3.63) is 157 Å². The topological polar surface area (TPSA) is 9.86 Å². The lowest BCUT2D eigenvalue weighted by molar-refractivity contribution is 0.660. The van der Waals surface area contributed by atoms with E-state index in [1.54, 1.807) is 0 Å². The molecule has 7 aromatic carbocycles. The maximum absolute atomic E-state index is 2.48. The normalized spacial score (nSPS) is 13.8. The van der Waals surface area contributed by atoms with Crippen LogP contribution in [0.15, 0.2) is 146 Å². The molecular weight excluding hydrogens is 601 g/mol. The maximum Gasteiger partial charge on any atom is 0.0548 e. The minimum absolute atomic E-state index is 0.0586. The second kappa shape index (κ2) is 9.25. The SMILES string of the molecule is CC1(C)c2ccccc2-c2ccc(-n3c4ccccc4c4c5c6ccccc6n(-c6ccc7c(c6)sc6ccccc67)c5ccc43)cc21. The quantitative estimate of drug-likeness (QED) is 0.180. The highest BCUT2D eigenvalue weighted by Gasteiger charge is 2.35. The summed E-state index contributed by atoms with van der Waals surface area (Å²) >= 11 is 1.88. The predicted octanol–water partition coefficient (Wildman–Crippen LogP) is 12.6. The molecule has 0 atom stereocenters. The van der Waals surface area contributed by atoms with Crippen LogP contribution >= 0.6 is 11.3 Å². The Hall–Kier alpha value is -5.64. The number of nitrogens with zero attached hydrogens (tertiary/aromatic N) is 2. The molecule has 0 saturated carbocycles. The molecule has 0 spiro atoms. The zero-order valence-corrected chi connectivity index (χ0v) is 27.5. The van der Waals surface area contributed by atoms with E-state index in [4.69, 9.17) is 0 Å². The summed E-state index contributed by atoms with van der Waals surface area (Å²) in [6.45, 7) is 4.73. The van der Waals surface area contributed by atoms with Crippen molar-refractivity contribution in [3.63, 3.8) is 0 Å². The lowest BCUT2D eigenvalue weighted by atomic mass is 9.82. The van der Waals surface area contributed by atoms with Gasteiger partial charge in [-0.2, -0.15) is 0 Å². The monoisotopic (exact) mass is 630 g/mol. The van der Waals surface area contributed by atoms with Gasteiger partial charge in [0.1, 0.15) is 0 Å². The molecule has 10 aromatic rings. The maximum atomic E-state index is 2.48. The molecule has 0 fully saturated rings. The van der Waals surface area contributed by atoms with Gasteiger partial charge in [-0.15, -0.1) is 11.3 Å². The van der Waals surface area contributed by atoms with Gasteiger partial charge in [0, 0.05) is 58.5 Å². The van der Waals surface area contributed by atoms with Crippen LogP contribution in [0.1, 0.15) is 25.0 Å². The van der Waals surface area contributed by atoms with Gasteiger partial charge < -0.3 is 9.13 Å². The Morgan fingerprint density at radius 2 is 0.958 bits per heavy atom. The van der Waals surface area contributed by atoms with E-state index in [0.717, 1.165) is 0 Å². The van der Waals surface area contributed by atoms with Crippen LogP contribution < -0.4 is 0 Å². The van der Waals surface area contributed by atoms with Crippen LogP contribution in [0.5, 0.6) is 0 Å². The highest BCUT2D eigenvalue weighted by Crippen LogP contribution is 2.50. The van der Waals surface area contributed by atoms with Crippen molar-refractivity contribution in [2.24, 2.45) is 0 Å². The molecule has 226 valence electrons. The molecule has 0 radical (unpaired) electrons. The average Bonchev–Trinajstić information content (AvgIpc) is 3.83. The molecule has 1 aliphatic rings. The van der Waals surface area contributed by atoms with Crippen molar-refractivity contribution in [2.45, 2.75) is 19.3 Å². The van der Waals surface area contributed by atoms with Crippen LogP contribution in [0, 0.1) is 0 Å². The zero-order valence-electron chi connectivity index (χ0n) is 26.7. The van der Waals surface area contributed by atoms with Crippen LogP contribution in [-0.2, 0) is 5.41 Å². The first kappa shape index (κ1) is 26.4. The summed E-state index contributed by atoms with van der Waals surface area (Å²) in [4.78, 5) is 0. The molecule has 48 heavy (non-hydrogen) atoms. The van der Waals surface area contributed by atoms with Crippen LogP contribution in [0.25, 0.3) is 86.3 Å². The summed E-state index contributed by atoms with van der Waals surface area (Å²) < 4.78 is 7.60. The van der Waals surface area contributed by atoms with Gasteiger partial charge in [0.2, 0.25) is 0 Å². The van der Waals surface area contributed by atoms with E-state index in [1.807, 2.05) is 11.3 Å². The van der Waals surface area contributed by atoms with Crippen LogP contribution in [-0.4, -0.2) is 9.13 Å². The van der Waals surface area contributed by atoms with Gasteiger partial charge in [-0.25, -0.2) is 0 Å². The molecule has 3 heteroatoms. The third-order valence-electron chi connectivity index (χ3n) is 10.9. The summed E-state index contributed by atoms with van der Waals surface area (Å²) in [7, 11) is 0. The first-order valence-corrected chi connectivity index (χ1v) is 17.5. The highest BCUT2D eigenvalue weighted by atomic mass is 32.1. The van der Waals surface area contributed by atoms with Gasteiger partial charge in [-0.1, -0.05) is 105 Å². The largest absolute Gasteiger partial charge is 0.309 e. The molecule has 0 amide bonds. The van der Waals surface area contributed by atoms with Gasteiger partial charge in [0.15, 0.2) is 0 Å². The fourth-order valence-electron chi connectivity index (χ4n) is 8.76. The molecule has 0 aliphatic heterocycles. The van der Waals surface area contributed by atoms with Crippen LogP contribution in [0.2, 0.25) is 0 Å². The molecule has 3 heterocycles. The summed E-state index contributed by atoms with van der Waals surface area (Å²) in [5.74, 6) is 0. The van der Waals surface area contributed by atoms with Gasteiger partial charge in [0.25, 0.3) is 0 Å². The summed E-state index contributed by atoms with van der Waals surface area (Å²) in [5, 5.41) is 7.84. The average molecular weight is 631 g/mol. The van der Waals surface area contributed by atoms with Crippen molar-refractivity contribution in [1.82, 2.24) is 9.13 Å². The second-order valence-corrected chi connectivity index (χ2v) is 14.8. The molecule has 2 nitrogen and oxygen atoms in total. The van der Waals surface area contributed by atoms with Crippen LogP contribution in [0.4, 0.5) is 0 Å². The Balaban J connectivity index is 1.21. The van der Waals surface area contributed by atoms with E-state index in [-0.39, 0.29) is 5.41 Å². The minimum atomic E-state index is -0.0586. The van der Waals surface area contributed by atoms with E-state index in [2.05, 4.69) is 169 Å². The minimum Gasteiger partial charge on any atom is -0.309 e. The van der Waals surface area contributed by atoms with Gasteiger partial charge in [0.05, 0.1) is 22.1 Å². The predicted molar refractivity (Wildman–Crippen MR) is 206 cm³/mol. The Kier molecular flexibility index (Phi) is 5.09. The standard InChI is InChI=1S/C45H30N2S/c1-45(2)35-15-7-3-11-29(35)30-21-19-27(25-36(30)45)46-37-16-8-4-13-33(37)43-39(46)23-24-40-44(43)34-14-5-9-17-38(34)47(40)28-20-22-32-31-12-6-10-18-41(31)48-42(32)26-28/h3-26H,1-2H3. The molecule has 0 saturated heterocycles. The van der Waals surface area contributed by atoms with E-state index >= 15 is 0 Å². The lowest BCUT2D eigenvalue weighted by Gasteiger charge is -2.22. The highest BCUT2D eigenvalue weighted by molar-refractivity contribution is 7.25. The Morgan fingerprint density at radius 1 is 0.417 bits per heavy atom. The van der Waals surface area contributed by atoms with Crippen LogP contribution in [0.3, 0.4) is 0 Å². The van der Waals surface area contributed by atoms with Crippen molar-refractivity contribution in [3.8, 4) is 22.5 Å². The molecule has 0 unspecified atom stereocenters. The number of thiophene rings is 1. The first-order valence-electron chi connectivity index (χ1n) is 16.7. The Morgan fingerprint density at radius 3 is 1.69 bits per heavy atom. The number of hydrogen-bond acceptors (Lipinski definition) is 1. The molecule has 0 bridgehead atoms. The van der Waals surface area contributed by atoms with E-state index in [9.17, 15) is 0 Å². The lowest BCUT2D eigenvalue weighted by Crippen LogP contribution is -2.15. The third-order valence-corrected chi connectivity index (χ3v) is 12.1. The van der Waals surface area contributed by atoms with E-state index in [0.29, 0.717) is 0 Å². The number of hydrogen-bond donors (Lipinski definition) is 0. The number of para-hydroxylation sites is 2. The fraction of sp³-hybridized carbons (Fsp3) is 0.0667. The van der Waals surface area contributed by atoms with Crippen molar-refractivity contribution < 1.29 is 0 Å². The Labute approximate surface area is 281 Å². The molecule has 1 aliphatic carbocycles. The molecule has 3 aromatic heterocycles. The summed E-state index contributed by atoms with van der Waals surface area (Å²) in [6, 6.07) is 54.3. The summed E-state index contributed by atoms with van der Waals surface area (Å²) in [5.41, 5.74) is 12.8. The fourth-order valence-corrected chi connectivity index (χ4v) is 9.90. The van der Waals surface area contributed by atoms with Crippen molar-refractivity contribution in [1.29, 1.82) is 0 Å². The molecule has 11 rings (SSSR count). The van der Waals surface area contributed by atoms with Gasteiger partial charge in [-0.05, 0) is 76.9 Å². The van der Waals surface area contributed by atoms with Gasteiger partial charge >= 0.3 is 0 Å². The van der Waals surface area contributed by atoms with Crippen molar-refractivity contribution in [2.75, 3.05) is 0 Å². The van der Waals surface area contributed by atoms with Gasteiger partial charge in [-0.3, -0.25) is 0 Å². The third kappa shape index (κ3) is 3.31. The number of benzene rings is 7. The first-order chi connectivity index (χ1) is 23.6. The zero-order chi connectivity index (χ0) is 31.7. The number of rotatable bonds is 2. The molecule has 0 N–H and O–H groups in total. The number of aromatic nitrogens is 2. The molecular formula is C45H30N2S. The second-order valence-electron chi connectivity index (χ2n) is 13.7. The van der Waals surface area contributed by atoms with E-state index in [1.165, 1.54) is 97.4 Å². The number of fused-ring (bicyclic) bond motifs is 13. The van der Waals surface area contributed by atoms with E-state index < -0.39 is 0 Å². The Bertz CT molecular complexity index is 2980. The van der Waals surface area contributed by atoms with Crippen molar-refractivity contribution >= 4 is 75.1 Å².